The highest BCUT2D eigenvalue weighted by Crippen LogP contribution is 2.24. The number of amides is 1. The zero-order valence-electron chi connectivity index (χ0n) is 12.0. The molecule has 0 N–H and O–H groups in total. The van der Waals surface area contributed by atoms with E-state index in [-0.39, 0.29) is 6.54 Å². The van der Waals surface area contributed by atoms with Crippen LogP contribution in [0.3, 0.4) is 0 Å². The summed E-state index contributed by atoms with van der Waals surface area (Å²) in [5.41, 5.74) is -0.580. The first-order valence-corrected chi connectivity index (χ1v) is 7.20. The summed E-state index contributed by atoms with van der Waals surface area (Å²) < 4.78 is 5.31. The quantitative estimate of drug-likeness (QED) is 0.589. The molecular weight excluding hydrogens is 276 g/mol. The van der Waals surface area contributed by atoms with E-state index in [1.807, 2.05) is 17.5 Å². The van der Waals surface area contributed by atoms with Gasteiger partial charge in [0.2, 0.25) is 0 Å². The van der Waals surface area contributed by atoms with Crippen molar-refractivity contribution in [1.82, 2.24) is 4.90 Å². The Hall–Kier alpha value is -1.69. The third kappa shape index (κ3) is 5.13. The van der Waals surface area contributed by atoms with Crippen molar-refractivity contribution in [3.63, 3.8) is 0 Å². The van der Waals surface area contributed by atoms with Crippen molar-refractivity contribution in [2.75, 3.05) is 13.1 Å². The highest BCUT2D eigenvalue weighted by Gasteiger charge is 2.25. The molecule has 0 saturated heterocycles. The summed E-state index contributed by atoms with van der Waals surface area (Å²) in [4.78, 5) is 25.4. The van der Waals surface area contributed by atoms with E-state index in [0.29, 0.717) is 6.54 Å². The Morgan fingerprint density at radius 2 is 2.30 bits per heavy atom. The van der Waals surface area contributed by atoms with E-state index in [9.17, 15) is 9.70 Å². The van der Waals surface area contributed by atoms with Crippen molar-refractivity contribution in [1.29, 1.82) is 0 Å². The summed E-state index contributed by atoms with van der Waals surface area (Å²) in [5, 5.41) is 4.98. The summed E-state index contributed by atoms with van der Waals surface area (Å²) in [5.74, 6) is 0. The van der Waals surface area contributed by atoms with Gasteiger partial charge in [0, 0.05) is 11.4 Å². The van der Waals surface area contributed by atoms with Gasteiger partial charge in [-0.2, -0.15) is 4.91 Å². The topological polar surface area (TPSA) is 59.0 Å². The molecule has 0 fully saturated rings. The van der Waals surface area contributed by atoms with Gasteiger partial charge in [0.1, 0.15) is 11.6 Å². The molecule has 5 nitrogen and oxygen atoms in total. The van der Waals surface area contributed by atoms with E-state index in [0.717, 1.165) is 4.88 Å². The second-order valence-electron chi connectivity index (χ2n) is 5.31. The first-order valence-electron chi connectivity index (χ1n) is 6.32. The van der Waals surface area contributed by atoms with Crippen LogP contribution in [0.4, 0.5) is 4.79 Å². The summed E-state index contributed by atoms with van der Waals surface area (Å²) in [6.07, 6.45) is 1.13. The minimum atomic E-state index is -0.581. The second-order valence-corrected chi connectivity index (χ2v) is 6.29. The number of hydrogen-bond donors (Lipinski definition) is 0. The number of thiophene rings is 1. The van der Waals surface area contributed by atoms with Gasteiger partial charge in [-0.1, -0.05) is 17.3 Å². The Morgan fingerprint density at radius 1 is 1.60 bits per heavy atom. The molecule has 1 heterocycles. The molecule has 1 unspecified atom stereocenters. The van der Waals surface area contributed by atoms with Crippen LogP contribution >= 0.6 is 11.3 Å². The fourth-order valence-electron chi connectivity index (χ4n) is 1.57. The van der Waals surface area contributed by atoms with Gasteiger partial charge in [-0.3, -0.25) is 0 Å². The lowest BCUT2D eigenvalue weighted by Crippen LogP contribution is -2.38. The average molecular weight is 296 g/mol. The van der Waals surface area contributed by atoms with Crippen molar-refractivity contribution >= 4 is 17.4 Å². The number of carbonyl (C=O) groups is 1. The fraction of sp³-hybridized carbons (Fsp3) is 0.500. The van der Waals surface area contributed by atoms with Crippen LogP contribution in [0.25, 0.3) is 0 Å². The normalized spacial score (nSPS) is 12.6. The molecule has 1 aromatic rings. The minimum Gasteiger partial charge on any atom is -0.444 e. The summed E-state index contributed by atoms with van der Waals surface area (Å²) in [7, 11) is 0. The van der Waals surface area contributed by atoms with Gasteiger partial charge in [0.05, 0.1) is 6.54 Å². The van der Waals surface area contributed by atoms with Gasteiger partial charge < -0.3 is 9.64 Å². The van der Waals surface area contributed by atoms with Crippen molar-refractivity contribution in [3.05, 3.63) is 40.0 Å². The Balaban J connectivity index is 2.77. The van der Waals surface area contributed by atoms with Crippen LogP contribution in [-0.4, -0.2) is 29.7 Å². The van der Waals surface area contributed by atoms with Gasteiger partial charge in [0.15, 0.2) is 0 Å². The van der Waals surface area contributed by atoms with E-state index in [1.54, 1.807) is 26.8 Å². The largest absolute Gasteiger partial charge is 0.444 e. The first kappa shape index (κ1) is 16.4. The molecule has 0 aromatic carbocycles. The Bertz CT molecular complexity index is 451. The molecule has 1 amide bonds. The third-order valence-electron chi connectivity index (χ3n) is 2.39. The van der Waals surface area contributed by atoms with Crippen LogP contribution < -0.4 is 0 Å². The van der Waals surface area contributed by atoms with Crippen LogP contribution in [0.5, 0.6) is 0 Å². The summed E-state index contributed by atoms with van der Waals surface area (Å²) in [6, 6.07) is 3.10. The van der Waals surface area contributed by atoms with Gasteiger partial charge in [0.25, 0.3) is 0 Å². The fourth-order valence-corrected chi connectivity index (χ4v) is 2.32. The van der Waals surface area contributed by atoms with Crippen LogP contribution in [0, 0.1) is 4.91 Å². The van der Waals surface area contributed by atoms with E-state index in [2.05, 4.69) is 11.8 Å². The van der Waals surface area contributed by atoms with Crippen molar-refractivity contribution in [2.45, 2.75) is 32.4 Å². The van der Waals surface area contributed by atoms with Gasteiger partial charge in [-0.15, -0.1) is 17.9 Å². The molecule has 6 heteroatoms. The van der Waals surface area contributed by atoms with E-state index >= 15 is 0 Å². The van der Waals surface area contributed by atoms with Crippen LogP contribution in [0.2, 0.25) is 0 Å². The highest BCUT2D eigenvalue weighted by atomic mass is 32.1. The number of hydrogen-bond acceptors (Lipinski definition) is 5. The Labute approximate surface area is 123 Å². The summed E-state index contributed by atoms with van der Waals surface area (Å²) in [6.45, 7) is 9.51. The third-order valence-corrected chi connectivity index (χ3v) is 3.37. The number of ether oxygens (including phenoxy) is 1. The molecule has 0 aliphatic rings. The lowest BCUT2D eigenvalue weighted by molar-refractivity contribution is 0.0262. The van der Waals surface area contributed by atoms with E-state index in [4.69, 9.17) is 4.74 Å². The van der Waals surface area contributed by atoms with Gasteiger partial charge in [-0.25, -0.2) is 4.79 Å². The second kappa shape index (κ2) is 7.19. The maximum Gasteiger partial charge on any atom is 0.410 e. The lowest BCUT2D eigenvalue weighted by Gasteiger charge is -2.27. The van der Waals surface area contributed by atoms with Crippen LogP contribution in [0.15, 0.2) is 35.3 Å². The predicted octanol–water partition coefficient (Wildman–Crippen LogP) is 3.98. The molecular formula is C14H20N2O3S. The molecule has 1 rings (SSSR count). The minimum absolute atomic E-state index is 0.185. The Kier molecular flexibility index (Phi) is 5.88. The maximum atomic E-state index is 12.1. The van der Waals surface area contributed by atoms with Crippen LogP contribution in [0.1, 0.15) is 31.7 Å². The molecule has 0 spiro atoms. The van der Waals surface area contributed by atoms with E-state index < -0.39 is 17.7 Å². The molecule has 0 aliphatic carbocycles. The Morgan fingerprint density at radius 3 is 2.75 bits per heavy atom. The number of carbonyl (C=O) groups excluding carboxylic acids is 1. The number of nitrogens with zero attached hydrogens (tertiary/aromatic N) is 2. The highest BCUT2D eigenvalue weighted by molar-refractivity contribution is 7.10. The van der Waals surface area contributed by atoms with Crippen molar-refractivity contribution in [3.8, 4) is 0 Å². The molecule has 0 saturated carbocycles. The molecule has 1 aromatic heterocycles. The molecule has 0 bridgehead atoms. The average Bonchev–Trinajstić information content (AvgIpc) is 2.85. The van der Waals surface area contributed by atoms with Gasteiger partial charge >= 0.3 is 6.09 Å². The molecule has 1 atom stereocenters. The first-order chi connectivity index (χ1) is 9.37. The predicted molar refractivity (Wildman–Crippen MR) is 80.9 cm³/mol. The van der Waals surface area contributed by atoms with Crippen LogP contribution in [-0.2, 0) is 4.74 Å². The van der Waals surface area contributed by atoms with Crippen molar-refractivity contribution < 1.29 is 9.53 Å². The van der Waals surface area contributed by atoms with E-state index in [1.165, 1.54) is 16.2 Å². The van der Waals surface area contributed by atoms with Crippen molar-refractivity contribution in [2.24, 2.45) is 5.18 Å². The lowest BCUT2D eigenvalue weighted by atomic mass is 10.2. The van der Waals surface area contributed by atoms with Gasteiger partial charge in [-0.05, 0) is 32.2 Å². The standard InChI is InChI=1S/C14H20N2O3S/c1-5-8-16(13(17)19-14(2,3)4)10-11(15-18)12-7-6-9-20-12/h5-7,9,11H,1,8,10H2,2-4H3. The number of rotatable bonds is 6. The monoisotopic (exact) mass is 296 g/mol. The maximum absolute atomic E-state index is 12.1. The molecule has 0 aliphatic heterocycles. The molecule has 110 valence electrons. The number of nitroso groups, excluding NO2 is 1. The smallest absolute Gasteiger partial charge is 0.410 e. The molecule has 0 radical (unpaired) electrons. The summed E-state index contributed by atoms with van der Waals surface area (Å²) >= 11 is 1.44. The zero-order chi connectivity index (χ0) is 15.2. The molecule has 20 heavy (non-hydrogen) atoms. The zero-order valence-corrected chi connectivity index (χ0v) is 12.9. The SMILES string of the molecule is C=CCN(CC(N=O)c1cccs1)C(=O)OC(C)(C)C.